The van der Waals surface area contributed by atoms with Gasteiger partial charge in [-0.2, -0.15) is 0 Å². The molecule has 20 heavy (non-hydrogen) atoms. The summed E-state index contributed by atoms with van der Waals surface area (Å²) in [4.78, 5) is 4.39. The summed E-state index contributed by atoms with van der Waals surface area (Å²) >= 11 is 5.83. The maximum absolute atomic E-state index is 5.91. The number of aromatic nitrogens is 1. The Morgan fingerprint density at radius 1 is 1.10 bits per heavy atom. The minimum Gasteiger partial charge on any atom is -0.455 e. The van der Waals surface area contributed by atoms with Crippen LogP contribution in [0.3, 0.4) is 0 Å². The van der Waals surface area contributed by atoms with Crippen LogP contribution in [-0.4, -0.2) is 4.98 Å². The Kier molecular flexibility index (Phi) is 3.57. The number of para-hydroxylation sites is 1. The van der Waals surface area contributed by atoms with E-state index < -0.39 is 0 Å². The second-order valence-electron chi connectivity index (χ2n) is 4.70. The van der Waals surface area contributed by atoms with Gasteiger partial charge in [0.2, 0.25) is 0 Å². The van der Waals surface area contributed by atoms with E-state index >= 15 is 0 Å². The van der Waals surface area contributed by atoms with Crippen molar-refractivity contribution in [2.45, 2.75) is 12.8 Å². The lowest BCUT2D eigenvalue weighted by Gasteiger charge is -2.10. The van der Waals surface area contributed by atoms with Gasteiger partial charge >= 0.3 is 0 Å². The number of rotatable bonds is 3. The van der Waals surface area contributed by atoms with Crippen molar-refractivity contribution in [3.63, 3.8) is 0 Å². The zero-order valence-corrected chi connectivity index (χ0v) is 11.9. The summed E-state index contributed by atoms with van der Waals surface area (Å²) < 4.78 is 5.91. The molecule has 0 radical (unpaired) electrons. The fraction of sp³-hybridized carbons (Fsp3) is 0.118. The number of alkyl halides is 1. The number of pyridine rings is 1. The van der Waals surface area contributed by atoms with E-state index in [1.807, 2.05) is 55.5 Å². The highest BCUT2D eigenvalue weighted by Crippen LogP contribution is 2.27. The normalized spacial score (nSPS) is 10.7. The van der Waals surface area contributed by atoms with Gasteiger partial charge in [0.15, 0.2) is 0 Å². The molecule has 0 N–H and O–H groups in total. The van der Waals surface area contributed by atoms with E-state index in [0.717, 1.165) is 33.5 Å². The van der Waals surface area contributed by atoms with Gasteiger partial charge in [-0.05, 0) is 36.2 Å². The topological polar surface area (TPSA) is 22.1 Å². The number of halogens is 1. The number of aryl methyl sites for hydroxylation is 1. The number of ether oxygens (including phenoxy) is 1. The van der Waals surface area contributed by atoms with Crippen molar-refractivity contribution in [3.05, 3.63) is 65.9 Å². The van der Waals surface area contributed by atoms with Crippen LogP contribution in [0.1, 0.15) is 11.1 Å². The van der Waals surface area contributed by atoms with E-state index in [4.69, 9.17) is 16.3 Å². The molecule has 3 heteroatoms. The van der Waals surface area contributed by atoms with E-state index in [1.54, 1.807) is 6.20 Å². The van der Waals surface area contributed by atoms with E-state index in [1.165, 1.54) is 0 Å². The summed E-state index contributed by atoms with van der Waals surface area (Å²) in [5, 5.41) is 1.07. The van der Waals surface area contributed by atoms with Gasteiger partial charge in [-0.15, -0.1) is 11.6 Å². The van der Waals surface area contributed by atoms with E-state index in [0.29, 0.717) is 5.88 Å². The molecule has 0 aliphatic carbocycles. The van der Waals surface area contributed by atoms with Crippen LogP contribution in [-0.2, 0) is 5.88 Å². The summed E-state index contributed by atoms with van der Waals surface area (Å²) in [5.74, 6) is 2.08. The van der Waals surface area contributed by atoms with Crippen molar-refractivity contribution in [1.29, 1.82) is 0 Å². The second-order valence-corrected chi connectivity index (χ2v) is 4.97. The largest absolute Gasteiger partial charge is 0.455 e. The molecule has 1 aromatic heterocycles. The van der Waals surface area contributed by atoms with Gasteiger partial charge in [-0.3, -0.25) is 4.98 Å². The Balaban J connectivity index is 1.92. The van der Waals surface area contributed by atoms with Crippen molar-refractivity contribution >= 4 is 22.5 Å². The Morgan fingerprint density at radius 2 is 1.95 bits per heavy atom. The molecule has 0 saturated heterocycles. The molecule has 0 aliphatic rings. The Morgan fingerprint density at radius 3 is 2.75 bits per heavy atom. The van der Waals surface area contributed by atoms with Crippen LogP contribution in [0, 0.1) is 6.92 Å². The van der Waals surface area contributed by atoms with Crippen LogP contribution in [0.4, 0.5) is 0 Å². The van der Waals surface area contributed by atoms with Crippen LogP contribution < -0.4 is 4.74 Å². The maximum Gasteiger partial charge on any atom is 0.146 e. The molecular weight excluding hydrogens is 270 g/mol. The smallest absolute Gasteiger partial charge is 0.146 e. The Labute approximate surface area is 123 Å². The number of benzene rings is 2. The minimum atomic E-state index is 0.513. The van der Waals surface area contributed by atoms with E-state index in [-0.39, 0.29) is 0 Å². The van der Waals surface area contributed by atoms with Gasteiger partial charge in [-0.25, -0.2) is 0 Å². The standard InChI is InChI=1S/C17H14ClNO/c1-12-8-13(10-18)6-7-17(12)20-15-9-14-4-2-3-5-16(14)19-11-15/h2-9,11H,10H2,1H3. The van der Waals surface area contributed by atoms with Gasteiger partial charge in [0, 0.05) is 11.3 Å². The first-order valence-corrected chi connectivity index (χ1v) is 6.98. The molecule has 0 atom stereocenters. The molecule has 100 valence electrons. The molecule has 3 rings (SSSR count). The lowest BCUT2D eigenvalue weighted by molar-refractivity contribution is 0.477. The average molecular weight is 284 g/mol. The number of hydrogen-bond donors (Lipinski definition) is 0. The molecule has 2 nitrogen and oxygen atoms in total. The number of nitrogens with zero attached hydrogens (tertiary/aromatic N) is 1. The third-order valence-electron chi connectivity index (χ3n) is 3.19. The van der Waals surface area contributed by atoms with Gasteiger partial charge in [-0.1, -0.05) is 30.3 Å². The molecular formula is C17H14ClNO. The number of fused-ring (bicyclic) bond motifs is 1. The third kappa shape index (κ3) is 2.61. The Bertz CT molecular complexity index is 755. The fourth-order valence-electron chi connectivity index (χ4n) is 2.14. The van der Waals surface area contributed by atoms with Crippen molar-refractivity contribution < 1.29 is 4.74 Å². The van der Waals surface area contributed by atoms with Crippen LogP contribution in [0.5, 0.6) is 11.5 Å². The molecule has 1 heterocycles. The predicted molar refractivity (Wildman–Crippen MR) is 82.6 cm³/mol. The monoisotopic (exact) mass is 283 g/mol. The average Bonchev–Trinajstić information content (AvgIpc) is 2.49. The van der Waals surface area contributed by atoms with Crippen molar-refractivity contribution in [3.8, 4) is 11.5 Å². The van der Waals surface area contributed by atoms with Crippen molar-refractivity contribution in [2.24, 2.45) is 0 Å². The highest BCUT2D eigenvalue weighted by Gasteiger charge is 2.04. The molecule has 3 aromatic rings. The summed E-state index contributed by atoms with van der Waals surface area (Å²) in [6.45, 7) is 2.01. The SMILES string of the molecule is Cc1cc(CCl)ccc1Oc1cnc2ccccc2c1. The summed E-state index contributed by atoms with van der Waals surface area (Å²) in [6, 6.07) is 15.9. The summed E-state index contributed by atoms with van der Waals surface area (Å²) in [5.41, 5.74) is 3.12. The van der Waals surface area contributed by atoms with Crippen LogP contribution >= 0.6 is 11.6 Å². The van der Waals surface area contributed by atoms with Gasteiger partial charge < -0.3 is 4.74 Å². The van der Waals surface area contributed by atoms with Gasteiger partial charge in [0.05, 0.1) is 11.7 Å². The summed E-state index contributed by atoms with van der Waals surface area (Å²) in [7, 11) is 0. The van der Waals surface area contributed by atoms with Gasteiger partial charge in [0.1, 0.15) is 11.5 Å². The van der Waals surface area contributed by atoms with Crippen LogP contribution in [0.25, 0.3) is 10.9 Å². The van der Waals surface area contributed by atoms with Crippen molar-refractivity contribution in [1.82, 2.24) is 4.98 Å². The molecule has 0 unspecified atom stereocenters. The minimum absolute atomic E-state index is 0.513. The number of hydrogen-bond acceptors (Lipinski definition) is 2. The first-order chi connectivity index (χ1) is 9.76. The van der Waals surface area contributed by atoms with Crippen LogP contribution in [0.2, 0.25) is 0 Å². The fourth-order valence-corrected chi connectivity index (χ4v) is 2.31. The van der Waals surface area contributed by atoms with Crippen molar-refractivity contribution in [2.75, 3.05) is 0 Å². The molecule has 0 saturated carbocycles. The molecule has 0 spiro atoms. The maximum atomic E-state index is 5.91. The summed E-state index contributed by atoms with van der Waals surface area (Å²) in [6.07, 6.45) is 1.75. The highest BCUT2D eigenvalue weighted by molar-refractivity contribution is 6.17. The zero-order chi connectivity index (χ0) is 13.9. The molecule has 0 aliphatic heterocycles. The lowest BCUT2D eigenvalue weighted by atomic mass is 10.1. The van der Waals surface area contributed by atoms with Gasteiger partial charge in [0.25, 0.3) is 0 Å². The third-order valence-corrected chi connectivity index (χ3v) is 3.50. The lowest BCUT2D eigenvalue weighted by Crippen LogP contribution is -1.90. The first kappa shape index (κ1) is 12.9. The van der Waals surface area contributed by atoms with Crippen LogP contribution in [0.15, 0.2) is 54.7 Å². The zero-order valence-electron chi connectivity index (χ0n) is 11.1. The van der Waals surface area contributed by atoms with E-state index in [2.05, 4.69) is 4.98 Å². The molecule has 0 fully saturated rings. The van der Waals surface area contributed by atoms with E-state index in [9.17, 15) is 0 Å². The first-order valence-electron chi connectivity index (χ1n) is 6.44. The second kappa shape index (κ2) is 5.51. The molecule has 0 bridgehead atoms. The quantitative estimate of drug-likeness (QED) is 0.626. The molecule has 0 amide bonds. The Hall–Kier alpha value is -2.06. The predicted octanol–water partition coefficient (Wildman–Crippen LogP) is 5.07. The molecule has 2 aromatic carbocycles. The highest BCUT2D eigenvalue weighted by atomic mass is 35.5.